The fourth-order valence-electron chi connectivity index (χ4n) is 1.97. The Labute approximate surface area is 113 Å². The monoisotopic (exact) mass is 276 g/mol. The second-order valence-electron chi connectivity index (χ2n) is 5.40. The summed E-state index contributed by atoms with van der Waals surface area (Å²) < 4.78 is 5.14. The number of likely N-dealkylation sites (tertiary alicyclic amines) is 1. The van der Waals surface area contributed by atoms with Crippen LogP contribution in [0.4, 0.5) is 4.79 Å². The second-order valence-corrected chi connectivity index (χ2v) is 5.67. The van der Waals surface area contributed by atoms with Crippen LogP contribution < -0.4 is 5.32 Å². The summed E-state index contributed by atoms with van der Waals surface area (Å²) in [5.41, 5.74) is -0.509. The number of alkyl halides is 1. The van der Waals surface area contributed by atoms with Crippen molar-refractivity contribution in [3.05, 3.63) is 0 Å². The van der Waals surface area contributed by atoms with E-state index >= 15 is 0 Å². The van der Waals surface area contributed by atoms with E-state index in [9.17, 15) is 9.59 Å². The lowest BCUT2D eigenvalue weighted by molar-refractivity contribution is -0.129. The van der Waals surface area contributed by atoms with Crippen molar-refractivity contribution in [2.24, 2.45) is 0 Å². The van der Waals surface area contributed by atoms with E-state index < -0.39 is 11.7 Å². The van der Waals surface area contributed by atoms with Crippen LogP contribution in [0, 0.1) is 0 Å². The van der Waals surface area contributed by atoms with E-state index in [-0.39, 0.29) is 17.8 Å². The summed E-state index contributed by atoms with van der Waals surface area (Å²) in [6, 6.07) is 0.0313. The predicted molar refractivity (Wildman–Crippen MR) is 69.7 cm³/mol. The highest BCUT2D eigenvalue weighted by atomic mass is 35.5. The lowest BCUT2D eigenvalue weighted by Gasteiger charge is -2.25. The number of carbonyl (C=O) groups is 2. The van der Waals surface area contributed by atoms with Crippen molar-refractivity contribution in [3.63, 3.8) is 0 Å². The summed E-state index contributed by atoms with van der Waals surface area (Å²) in [5.74, 6) is -0.0895. The fourth-order valence-corrected chi connectivity index (χ4v) is 2.12. The molecule has 0 saturated carbocycles. The standard InChI is InChI=1S/C12H21ClN2O3/c1-12(2,3)18-11(17)14-8-9-5-4-6-15(9)10(16)7-13/h9H,4-8H2,1-3H3,(H,14,17)/t9-/m1/s1. The normalized spacial score (nSPS) is 19.8. The molecule has 0 aromatic rings. The minimum atomic E-state index is -0.509. The van der Waals surface area contributed by atoms with Crippen LogP contribution in [-0.4, -0.2) is 47.5 Å². The van der Waals surface area contributed by atoms with E-state index in [0.717, 1.165) is 12.8 Å². The largest absolute Gasteiger partial charge is 0.444 e. The van der Waals surface area contributed by atoms with Crippen molar-refractivity contribution in [2.75, 3.05) is 19.0 Å². The molecule has 0 aromatic carbocycles. The first-order valence-electron chi connectivity index (χ1n) is 6.16. The van der Waals surface area contributed by atoms with Gasteiger partial charge in [0, 0.05) is 19.1 Å². The maximum absolute atomic E-state index is 11.5. The molecule has 0 radical (unpaired) electrons. The molecule has 0 aliphatic carbocycles. The molecule has 1 fully saturated rings. The van der Waals surface area contributed by atoms with Gasteiger partial charge >= 0.3 is 6.09 Å². The van der Waals surface area contributed by atoms with Gasteiger partial charge in [-0.25, -0.2) is 4.79 Å². The van der Waals surface area contributed by atoms with Crippen molar-refractivity contribution in [1.29, 1.82) is 0 Å². The van der Waals surface area contributed by atoms with Crippen molar-refractivity contribution >= 4 is 23.6 Å². The molecule has 0 unspecified atom stereocenters. The molecule has 0 bridgehead atoms. The van der Waals surface area contributed by atoms with Gasteiger partial charge in [-0.1, -0.05) is 0 Å². The van der Waals surface area contributed by atoms with Gasteiger partial charge in [0.15, 0.2) is 0 Å². The van der Waals surface area contributed by atoms with Gasteiger partial charge in [-0.3, -0.25) is 4.79 Å². The molecule has 1 N–H and O–H groups in total. The molecule has 0 spiro atoms. The molecule has 18 heavy (non-hydrogen) atoms. The first-order valence-corrected chi connectivity index (χ1v) is 6.69. The summed E-state index contributed by atoms with van der Waals surface area (Å²) in [5, 5.41) is 2.69. The van der Waals surface area contributed by atoms with Crippen LogP contribution in [0.15, 0.2) is 0 Å². The Bertz CT molecular complexity index is 315. The third-order valence-corrected chi connectivity index (χ3v) is 2.92. The van der Waals surface area contributed by atoms with Crippen LogP contribution in [0.2, 0.25) is 0 Å². The minimum Gasteiger partial charge on any atom is -0.444 e. The summed E-state index contributed by atoms with van der Waals surface area (Å²) in [6.45, 7) is 6.56. The SMILES string of the molecule is CC(C)(C)OC(=O)NC[C@H]1CCCN1C(=O)CCl. The zero-order valence-electron chi connectivity index (χ0n) is 11.2. The fraction of sp³-hybridized carbons (Fsp3) is 0.833. The zero-order chi connectivity index (χ0) is 13.8. The van der Waals surface area contributed by atoms with Crippen LogP contribution in [-0.2, 0) is 9.53 Å². The van der Waals surface area contributed by atoms with Gasteiger partial charge in [-0.05, 0) is 33.6 Å². The number of amides is 2. The molecule has 0 aromatic heterocycles. The third-order valence-electron chi connectivity index (χ3n) is 2.69. The van der Waals surface area contributed by atoms with E-state index in [2.05, 4.69) is 5.32 Å². The van der Waals surface area contributed by atoms with Crippen molar-refractivity contribution in [3.8, 4) is 0 Å². The Morgan fingerprint density at radius 1 is 1.44 bits per heavy atom. The molecule has 104 valence electrons. The Kier molecular flexibility index (Phi) is 5.26. The maximum Gasteiger partial charge on any atom is 0.407 e. The number of hydrogen-bond donors (Lipinski definition) is 1. The number of alkyl carbamates (subject to hydrolysis) is 1. The number of nitrogens with zero attached hydrogens (tertiary/aromatic N) is 1. The molecule has 2 amide bonds. The topological polar surface area (TPSA) is 58.6 Å². The molecular weight excluding hydrogens is 256 g/mol. The molecule has 6 heteroatoms. The molecule has 1 aliphatic heterocycles. The van der Waals surface area contributed by atoms with Gasteiger partial charge in [-0.2, -0.15) is 0 Å². The number of ether oxygens (including phenoxy) is 1. The Morgan fingerprint density at radius 2 is 2.11 bits per heavy atom. The molecule has 1 rings (SSSR count). The highest BCUT2D eigenvalue weighted by molar-refractivity contribution is 6.27. The predicted octanol–water partition coefficient (Wildman–Crippen LogP) is 1.74. The Morgan fingerprint density at radius 3 is 2.67 bits per heavy atom. The van der Waals surface area contributed by atoms with E-state index in [1.165, 1.54) is 0 Å². The molecule has 1 aliphatic rings. The number of hydrogen-bond acceptors (Lipinski definition) is 3. The summed E-state index contributed by atoms with van der Waals surface area (Å²) in [4.78, 5) is 24.8. The molecule has 5 nitrogen and oxygen atoms in total. The third kappa shape index (κ3) is 4.72. The molecule has 1 saturated heterocycles. The van der Waals surface area contributed by atoms with Gasteiger partial charge in [0.1, 0.15) is 11.5 Å². The number of halogens is 1. The smallest absolute Gasteiger partial charge is 0.407 e. The van der Waals surface area contributed by atoms with Gasteiger partial charge in [0.05, 0.1) is 0 Å². The van der Waals surface area contributed by atoms with Crippen LogP contribution in [0.5, 0.6) is 0 Å². The average Bonchev–Trinajstić information content (AvgIpc) is 2.71. The summed E-state index contributed by atoms with van der Waals surface area (Å²) in [6.07, 6.45) is 1.38. The Hall–Kier alpha value is -0.970. The van der Waals surface area contributed by atoms with Gasteiger partial charge in [0.25, 0.3) is 0 Å². The highest BCUT2D eigenvalue weighted by Gasteiger charge is 2.28. The van der Waals surface area contributed by atoms with Gasteiger partial charge in [-0.15, -0.1) is 11.6 Å². The molecule has 1 heterocycles. The van der Waals surface area contributed by atoms with Gasteiger partial charge in [0.2, 0.25) is 5.91 Å². The van der Waals surface area contributed by atoms with Gasteiger partial charge < -0.3 is 15.0 Å². The summed E-state index contributed by atoms with van der Waals surface area (Å²) >= 11 is 5.54. The highest BCUT2D eigenvalue weighted by Crippen LogP contribution is 2.17. The quantitative estimate of drug-likeness (QED) is 0.799. The molecular formula is C12H21ClN2O3. The van der Waals surface area contributed by atoms with Crippen molar-refractivity contribution in [2.45, 2.75) is 45.3 Å². The number of nitrogens with one attached hydrogen (secondary N) is 1. The van der Waals surface area contributed by atoms with E-state index in [4.69, 9.17) is 16.3 Å². The first-order chi connectivity index (χ1) is 8.33. The van der Waals surface area contributed by atoms with Crippen LogP contribution >= 0.6 is 11.6 Å². The second kappa shape index (κ2) is 6.27. The lowest BCUT2D eigenvalue weighted by atomic mass is 10.2. The number of carbonyl (C=O) groups excluding carboxylic acids is 2. The van der Waals surface area contributed by atoms with Crippen molar-refractivity contribution < 1.29 is 14.3 Å². The number of rotatable bonds is 3. The maximum atomic E-state index is 11.5. The average molecular weight is 277 g/mol. The van der Waals surface area contributed by atoms with Crippen LogP contribution in [0.3, 0.4) is 0 Å². The minimum absolute atomic E-state index is 0.0110. The first kappa shape index (κ1) is 15.1. The summed E-state index contributed by atoms with van der Waals surface area (Å²) in [7, 11) is 0. The Balaban J connectivity index is 2.38. The van der Waals surface area contributed by atoms with Crippen LogP contribution in [0.25, 0.3) is 0 Å². The lowest BCUT2D eigenvalue weighted by Crippen LogP contribution is -2.44. The molecule has 1 atom stereocenters. The van der Waals surface area contributed by atoms with Crippen LogP contribution in [0.1, 0.15) is 33.6 Å². The van der Waals surface area contributed by atoms with Crippen molar-refractivity contribution in [1.82, 2.24) is 10.2 Å². The zero-order valence-corrected chi connectivity index (χ0v) is 11.9. The van der Waals surface area contributed by atoms with E-state index in [1.54, 1.807) is 4.90 Å². The van der Waals surface area contributed by atoms with E-state index in [1.807, 2.05) is 20.8 Å². The van der Waals surface area contributed by atoms with E-state index in [0.29, 0.717) is 13.1 Å².